The van der Waals surface area contributed by atoms with E-state index in [0.29, 0.717) is 13.2 Å². The molecule has 1 rings (SSSR count). The maximum absolute atomic E-state index is 5.55. The van der Waals surface area contributed by atoms with E-state index in [-0.39, 0.29) is 11.6 Å². The van der Waals surface area contributed by atoms with Gasteiger partial charge in [-0.2, -0.15) is 0 Å². The third kappa shape index (κ3) is 7.80. The Bertz CT molecular complexity index is 355. The van der Waals surface area contributed by atoms with Gasteiger partial charge in [0.25, 0.3) is 0 Å². The van der Waals surface area contributed by atoms with Gasteiger partial charge in [0, 0.05) is 12.1 Å². The lowest BCUT2D eigenvalue weighted by atomic mass is 10.1. The molecule has 0 fully saturated rings. The maximum atomic E-state index is 5.55. The van der Waals surface area contributed by atoms with Crippen molar-refractivity contribution in [1.82, 2.24) is 10.3 Å². The average molecular weight is 266 g/mol. The summed E-state index contributed by atoms with van der Waals surface area (Å²) in [6.07, 6.45) is 2.00. The molecule has 0 saturated carbocycles. The number of hydrogen-bond acceptors (Lipinski definition) is 4. The van der Waals surface area contributed by atoms with Gasteiger partial charge in [-0.05, 0) is 46.8 Å². The van der Waals surface area contributed by atoms with Crippen LogP contribution in [0.1, 0.15) is 40.3 Å². The molecule has 1 heterocycles. The van der Waals surface area contributed by atoms with Crippen LogP contribution in [-0.2, 0) is 11.3 Å². The van der Waals surface area contributed by atoms with Crippen molar-refractivity contribution in [3.8, 4) is 5.75 Å². The second-order valence-electron chi connectivity index (χ2n) is 5.86. The van der Waals surface area contributed by atoms with Crippen LogP contribution in [0.4, 0.5) is 0 Å². The van der Waals surface area contributed by atoms with E-state index in [9.17, 15) is 0 Å². The Morgan fingerprint density at radius 1 is 1.21 bits per heavy atom. The highest BCUT2D eigenvalue weighted by molar-refractivity contribution is 5.19. The molecule has 0 aliphatic rings. The fraction of sp³-hybridized carbons (Fsp3) is 0.667. The van der Waals surface area contributed by atoms with E-state index in [0.717, 1.165) is 18.0 Å². The van der Waals surface area contributed by atoms with E-state index in [1.165, 1.54) is 0 Å². The van der Waals surface area contributed by atoms with Crippen LogP contribution in [-0.4, -0.2) is 29.8 Å². The van der Waals surface area contributed by atoms with E-state index in [1.807, 2.05) is 26.0 Å². The maximum Gasteiger partial charge on any atom is 0.137 e. The van der Waals surface area contributed by atoms with Crippen LogP contribution in [0.25, 0.3) is 0 Å². The summed E-state index contributed by atoms with van der Waals surface area (Å²) in [6, 6.07) is 3.93. The lowest BCUT2D eigenvalue weighted by molar-refractivity contribution is 0.0552. The summed E-state index contributed by atoms with van der Waals surface area (Å²) in [4.78, 5) is 4.37. The van der Waals surface area contributed by atoms with Gasteiger partial charge in [-0.25, -0.2) is 0 Å². The van der Waals surface area contributed by atoms with Crippen molar-refractivity contribution in [3.05, 3.63) is 24.0 Å². The summed E-state index contributed by atoms with van der Waals surface area (Å²) in [5.41, 5.74) is 1.12. The molecule has 0 saturated heterocycles. The number of pyridine rings is 1. The highest BCUT2D eigenvalue weighted by atomic mass is 16.5. The number of ether oxygens (including phenoxy) is 2. The predicted octanol–water partition coefficient (Wildman–Crippen LogP) is 2.77. The van der Waals surface area contributed by atoms with Crippen LogP contribution in [0.2, 0.25) is 0 Å². The minimum Gasteiger partial charge on any atom is -0.490 e. The van der Waals surface area contributed by atoms with Gasteiger partial charge in [0.2, 0.25) is 0 Å². The van der Waals surface area contributed by atoms with E-state index >= 15 is 0 Å². The molecule has 0 unspecified atom stereocenters. The van der Waals surface area contributed by atoms with E-state index < -0.39 is 0 Å². The summed E-state index contributed by atoms with van der Waals surface area (Å²) < 4.78 is 11.0. The van der Waals surface area contributed by atoms with Gasteiger partial charge in [-0.1, -0.05) is 0 Å². The van der Waals surface area contributed by atoms with Gasteiger partial charge >= 0.3 is 0 Å². The van der Waals surface area contributed by atoms with Crippen molar-refractivity contribution in [2.24, 2.45) is 0 Å². The number of aromatic nitrogens is 1. The molecule has 1 aromatic heterocycles. The Morgan fingerprint density at radius 2 is 1.95 bits per heavy atom. The second kappa shape index (κ2) is 7.46. The van der Waals surface area contributed by atoms with Gasteiger partial charge in [0.1, 0.15) is 12.4 Å². The predicted molar refractivity (Wildman–Crippen MR) is 77.4 cm³/mol. The van der Waals surface area contributed by atoms with Crippen molar-refractivity contribution in [2.75, 3.05) is 13.2 Å². The lowest BCUT2D eigenvalue weighted by Gasteiger charge is -2.20. The standard InChI is InChI=1S/C15H26N2O2/c1-12(2)18-8-9-19-14-7-6-13(16-11-14)10-17-15(3,4)5/h6-7,11-12,17H,8-10H2,1-5H3. The van der Waals surface area contributed by atoms with Gasteiger partial charge in [-0.3, -0.25) is 4.98 Å². The SMILES string of the molecule is CC(C)OCCOc1ccc(CNC(C)(C)C)nc1. The Kier molecular flexibility index (Phi) is 6.25. The van der Waals surface area contributed by atoms with Gasteiger partial charge in [-0.15, -0.1) is 0 Å². The summed E-state index contributed by atoms with van der Waals surface area (Å²) in [5, 5.41) is 3.40. The molecule has 0 aliphatic heterocycles. The second-order valence-corrected chi connectivity index (χ2v) is 5.86. The van der Waals surface area contributed by atoms with Gasteiger partial charge in [0.15, 0.2) is 0 Å². The molecule has 0 bridgehead atoms. The van der Waals surface area contributed by atoms with Crippen LogP contribution in [0.15, 0.2) is 18.3 Å². The third-order valence-electron chi connectivity index (χ3n) is 2.40. The van der Waals surface area contributed by atoms with Crippen molar-refractivity contribution in [3.63, 3.8) is 0 Å². The van der Waals surface area contributed by atoms with E-state index in [2.05, 4.69) is 31.1 Å². The molecule has 1 aromatic rings. The summed E-state index contributed by atoms with van der Waals surface area (Å²) >= 11 is 0. The van der Waals surface area contributed by atoms with Crippen molar-refractivity contribution >= 4 is 0 Å². The molecule has 0 aromatic carbocycles. The topological polar surface area (TPSA) is 43.4 Å². The van der Waals surface area contributed by atoms with Crippen LogP contribution in [0.5, 0.6) is 5.75 Å². The highest BCUT2D eigenvalue weighted by Crippen LogP contribution is 2.10. The van der Waals surface area contributed by atoms with Crippen molar-refractivity contribution in [2.45, 2.75) is 52.8 Å². The fourth-order valence-electron chi connectivity index (χ4n) is 1.40. The lowest BCUT2D eigenvalue weighted by Crippen LogP contribution is -2.35. The monoisotopic (exact) mass is 266 g/mol. The largest absolute Gasteiger partial charge is 0.490 e. The van der Waals surface area contributed by atoms with Gasteiger partial charge < -0.3 is 14.8 Å². The first kappa shape index (κ1) is 15.9. The zero-order valence-corrected chi connectivity index (χ0v) is 12.7. The number of nitrogens with zero attached hydrogens (tertiary/aromatic N) is 1. The van der Waals surface area contributed by atoms with Gasteiger partial charge in [0.05, 0.1) is 24.6 Å². The number of hydrogen-bond donors (Lipinski definition) is 1. The normalized spacial score (nSPS) is 11.9. The summed E-state index contributed by atoms with van der Waals surface area (Å²) in [6.45, 7) is 12.4. The summed E-state index contributed by atoms with van der Waals surface area (Å²) in [7, 11) is 0. The first-order valence-electron chi connectivity index (χ1n) is 6.81. The first-order valence-corrected chi connectivity index (χ1v) is 6.81. The fourth-order valence-corrected chi connectivity index (χ4v) is 1.40. The Morgan fingerprint density at radius 3 is 2.47 bits per heavy atom. The minimum absolute atomic E-state index is 0.102. The average Bonchev–Trinajstić information content (AvgIpc) is 2.32. The van der Waals surface area contributed by atoms with Crippen LogP contribution in [0, 0.1) is 0 Å². The highest BCUT2D eigenvalue weighted by Gasteiger charge is 2.08. The Balaban J connectivity index is 2.31. The van der Waals surface area contributed by atoms with Crippen LogP contribution >= 0.6 is 0 Å². The zero-order valence-electron chi connectivity index (χ0n) is 12.7. The molecule has 0 amide bonds. The Hall–Kier alpha value is -1.13. The van der Waals surface area contributed by atoms with E-state index in [1.54, 1.807) is 6.20 Å². The minimum atomic E-state index is 0.102. The molecule has 4 nitrogen and oxygen atoms in total. The molecule has 108 valence electrons. The van der Waals surface area contributed by atoms with Crippen molar-refractivity contribution in [1.29, 1.82) is 0 Å². The number of nitrogens with one attached hydrogen (secondary N) is 1. The first-order chi connectivity index (χ1) is 8.87. The van der Waals surface area contributed by atoms with Crippen LogP contribution in [0.3, 0.4) is 0 Å². The molecule has 0 spiro atoms. The molecule has 1 N–H and O–H groups in total. The smallest absolute Gasteiger partial charge is 0.137 e. The molecule has 0 aliphatic carbocycles. The third-order valence-corrected chi connectivity index (χ3v) is 2.40. The molecule has 0 atom stereocenters. The molecule has 4 heteroatoms. The molecule has 19 heavy (non-hydrogen) atoms. The molecular weight excluding hydrogens is 240 g/mol. The zero-order chi connectivity index (χ0) is 14.3. The Labute approximate surface area is 116 Å². The summed E-state index contributed by atoms with van der Waals surface area (Å²) in [5.74, 6) is 0.784. The quantitative estimate of drug-likeness (QED) is 0.771. The molecular formula is C15H26N2O2. The molecule has 0 radical (unpaired) electrons. The van der Waals surface area contributed by atoms with Crippen molar-refractivity contribution < 1.29 is 9.47 Å². The van der Waals surface area contributed by atoms with E-state index in [4.69, 9.17) is 9.47 Å². The van der Waals surface area contributed by atoms with Crippen LogP contribution < -0.4 is 10.1 Å². The number of rotatable bonds is 7.